The van der Waals surface area contributed by atoms with Gasteiger partial charge in [0, 0.05) is 6.61 Å². The third-order valence-electron chi connectivity index (χ3n) is 1.80. The van der Waals surface area contributed by atoms with Crippen molar-refractivity contribution in [2.45, 2.75) is 19.4 Å². The maximum Gasteiger partial charge on any atom is 0.138 e. The number of hydrogen-bond donors (Lipinski definition) is 2. The highest BCUT2D eigenvalue weighted by Gasteiger charge is 2.16. The van der Waals surface area contributed by atoms with Gasteiger partial charge in [-0.25, -0.2) is 5.43 Å². The maximum atomic E-state index is 5.40. The van der Waals surface area contributed by atoms with Gasteiger partial charge in [-0.3, -0.25) is 5.84 Å². The van der Waals surface area contributed by atoms with Gasteiger partial charge in [0.05, 0.1) is 17.3 Å². The molecule has 1 unspecified atom stereocenters. The molecule has 0 saturated carbocycles. The number of halogens is 1. The predicted octanol–water partition coefficient (Wildman–Crippen LogP) is 1.97. The summed E-state index contributed by atoms with van der Waals surface area (Å²) < 4.78 is 11.6. The quantitative estimate of drug-likeness (QED) is 0.468. The van der Waals surface area contributed by atoms with E-state index in [1.54, 1.807) is 6.26 Å². The molecule has 0 aliphatic heterocycles. The fraction of sp³-hybridized carbons (Fsp3) is 0.556. The van der Waals surface area contributed by atoms with Crippen LogP contribution in [-0.4, -0.2) is 13.2 Å². The van der Waals surface area contributed by atoms with Gasteiger partial charge in [-0.1, -0.05) is 6.92 Å². The van der Waals surface area contributed by atoms with Crippen LogP contribution in [0, 0.1) is 0 Å². The first kappa shape index (κ1) is 11.7. The first-order chi connectivity index (χ1) is 6.79. The molecule has 0 amide bonds. The highest BCUT2D eigenvalue weighted by molar-refractivity contribution is 9.10. The minimum Gasteiger partial charge on any atom is -0.466 e. The molecule has 0 bridgehead atoms. The van der Waals surface area contributed by atoms with Crippen LogP contribution in [0.25, 0.3) is 0 Å². The van der Waals surface area contributed by atoms with Crippen LogP contribution in [-0.2, 0) is 4.74 Å². The Balaban J connectivity index is 2.50. The van der Waals surface area contributed by atoms with E-state index in [1.165, 1.54) is 0 Å². The molecular weight excluding hydrogens is 248 g/mol. The summed E-state index contributed by atoms with van der Waals surface area (Å²) in [6.07, 6.45) is 2.61. The Bertz CT molecular complexity index is 265. The third-order valence-corrected chi connectivity index (χ3v) is 2.45. The molecule has 1 aromatic heterocycles. The lowest BCUT2D eigenvalue weighted by Crippen LogP contribution is -2.31. The van der Waals surface area contributed by atoms with Gasteiger partial charge in [0.1, 0.15) is 11.8 Å². The summed E-state index contributed by atoms with van der Waals surface area (Å²) in [4.78, 5) is 0. The SMILES string of the molecule is CCCOCC(NN)c1occc1Br. The zero-order chi connectivity index (χ0) is 10.4. The van der Waals surface area contributed by atoms with E-state index in [1.807, 2.05) is 6.07 Å². The Morgan fingerprint density at radius 2 is 2.50 bits per heavy atom. The molecule has 5 heteroatoms. The zero-order valence-corrected chi connectivity index (χ0v) is 9.71. The number of hydrazine groups is 1. The first-order valence-electron chi connectivity index (χ1n) is 4.56. The summed E-state index contributed by atoms with van der Waals surface area (Å²) in [6.45, 7) is 3.31. The van der Waals surface area contributed by atoms with E-state index in [4.69, 9.17) is 15.0 Å². The van der Waals surface area contributed by atoms with E-state index in [0.717, 1.165) is 23.3 Å². The third kappa shape index (κ3) is 3.09. The van der Waals surface area contributed by atoms with Crippen LogP contribution in [0.5, 0.6) is 0 Å². The van der Waals surface area contributed by atoms with Crippen LogP contribution in [0.1, 0.15) is 25.1 Å². The smallest absolute Gasteiger partial charge is 0.138 e. The second-order valence-electron chi connectivity index (χ2n) is 2.93. The second-order valence-corrected chi connectivity index (χ2v) is 3.78. The van der Waals surface area contributed by atoms with Crippen molar-refractivity contribution in [2.75, 3.05) is 13.2 Å². The van der Waals surface area contributed by atoms with Crippen molar-refractivity contribution >= 4 is 15.9 Å². The molecule has 14 heavy (non-hydrogen) atoms. The predicted molar refractivity (Wildman–Crippen MR) is 57.6 cm³/mol. The van der Waals surface area contributed by atoms with Crippen molar-refractivity contribution in [1.29, 1.82) is 0 Å². The van der Waals surface area contributed by atoms with E-state index in [2.05, 4.69) is 28.3 Å². The number of nitrogens with one attached hydrogen (secondary N) is 1. The molecule has 1 atom stereocenters. The molecule has 0 fully saturated rings. The summed E-state index contributed by atoms with van der Waals surface area (Å²) in [5, 5.41) is 0. The van der Waals surface area contributed by atoms with Gasteiger partial charge in [0.2, 0.25) is 0 Å². The minimum absolute atomic E-state index is 0.106. The standard InChI is InChI=1S/C9H15BrN2O2/c1-2-4-13-6-8(12-11)9-7(10)3-5-14-9/h3,5,8,12H,2,4,6,11H2,1H3. The number of nitrogens with two attached hydrogens (primary N) is 1. The summed E-state index contributed by atoms with van der Waals surface area (Å²) >= 11 is 3.37. The summed E-state index contributed by atoms with van der Waals surface area (Å²) in [6, 6.07) is 1.73. The Kier molecular flexibility index (Phi) is 5.17. The molecule has 80 valence electrons. The molecule has 1 heterocycles. The van der Waals surface area contributed by atoms with Crippen molar-refractivity contribution in [3.05, 3.63) is 22.6 Å². The van der Waals surface area contributed by atoms with Crippen molar-refractivity contribution in [3.63, 3.8) is 0 Å². The molecule has 0 spiro atoms. The summed E-state index contributed by atoms with van der Waals surface area (Å²) in [7, 11) is 0. The van der Waals surface area contributed by atoms with Crippen LogP contribution < -0.4 is 11.3 Å². The molecule has 0 aliphatic rings. The lowest BCUT2D eigenvalue weighted by Gasteiger charge is -2.13. The van der Waals surface area contributed by atoms with E-state index >= 15 is 0 Å². The fourth-order valence-corrected chi connectivity index (χ4v) is 1.58. The van der Waals surface area contributed by atoms with Crippen LogP contribution in [0.2, 0.25) is 0 Å². The van der Waals surface area contributed by atoms with Crippen LogP contribution in [0.15, 0.2) is 21.2 Å². The second kappa shape index (κ2) is 6.19. The fourth-order valence-electron chi connectivity index (χ4n) is 1.10. The van der Waals surface area contributed by atoms with Gasteiger partial charge < -0.3 is 9.15 Å². The van der Waals surface area contributed by atoms with Crippen molar-refractivity contribution < 1.29 is 9.15 Å². The molecule has 3 N–H and O–H groups in total. The molecule has 4 nitrogen and oxygen atoms in total. The normalized spacial score (nSPS) is 13.1. The number of ether oxygens (including phenoxy) is 1. The molecule has 1 aromatic rings. The van der Waals surface area contributed by atoms with Crippen molar-refractivity contribution in [2.24, 2.45) is 5.84 Å². The van der Waals surface area contributed by atoms with Gasteiger partial charge in [-0.2, -0.15) is 0 Å². The summed E-state index contributed by atoms with van der Waals surface area (Å²) in [5.74, 6) is 6.17. The minimum atomic E-state index is -0.106. The van der Waals surface area contributed by atoms with Crippen LogP contribution >= 0.6 is 15.9 Å². The van der Waals surface area contributed by atoms with Crippen molar-refractivity contribution in [1.82, 2.24) is 5.43 Å². The maximum absolute atomic E-state index is 5.40. The molecule has 0 radical (unpaired) electrons. The Labute approximate surface area is 91.9 Å². The van der Waals surface area contributed by atoms with Crippen molar-refractivity contribution in [3.8, 4) is 0 Å². The van der Waals surface area contributed by atoms with E-state index in [0.29, 0.717) is 6.61 Å². The molecule has 1 rings (SSSR count). The van der Waals surface area contributed by atoms with Gasteiger partial charge in [0.25, 0.3) is 0 Å². The Morgan fingerprint density at radius 3 is 3.00 bits per heavy atom. The number of rotatable bonds is 6. The largest absolute Gasteiger partial charge is 0.466 e. The Hall–Kier alpha value is -0.360. The zero-order valence-electron chi connectivity index (χ0n) is 8.13. The average Bonchev–Trinajstić information content (AvgIpc) is 2.60. The highest BCUT2D eigenvalue weighted by Crippen LogP contribution is 2.24. The van der Waals surface area contributed by atoms with E-state index < -0.39 is 0 Å². The average molecular weight is 263 g/mol. The highest BCUT2D eigenvalue weighted by atomic mass is 79.9. The monoisotopic (exact) mass is 262 g/mol. The topological polar surface area (TPSA) is 60.4 Å². The molecule has 0 aliphatic carbocycles. The molecule has 0 saturated heterocycles. The lowest BCUT2D eigenvalue weighted by molar-refractivity contribution is 0.105. The van der Waals surface area contributed by atoms with Gasteiger partial charge in [0.15, 0.2) is 0 Å². The number of hydrogen-bond acceptors (Lipinski definition) is 4. The molecule has 0 aromatic carbocycles. The Morgan fingerprint density at radius 1 is 1.71 bits per heavy atom. The summed E-state index contributed by atoms with van der Waals surface area (Å²) in [5.41, 5.74) is 2.66. The molecular formula is C9H15BrN2O2. The first-order valence-corrected chi connectivity index (χ1v) is 5.35. The van der Waals surface area contributed by atoms with E-state index in [9.17, 15) is 0 Å². The number of furan rings is 1. The lowest BCUT2D eigenvalue weighted by atomic mass is 10.2. The van der Waals surface area contributed by atoms with Gasteiger partial charge in [-0.05, 0) is 28.4 Å². The van der Waals surface area contributed by atoms with Crippen LogP contribution in [0.3, 0.4) is 0 Å². The van der Waals surface area contributed by atoms with Gasteiger partial charge >= 0.3 is 0 Å². The van der Waals surface area contributed by atoms with Crippen LogP contribution in [0.4, 0.5) is 0 Å². The van der Waals surface area contributed by atoms with E-state index in [-0.39, 0.29) is 6.04 Å². The van der Waals surface area contributed by atoms with Gasteiger partial charge in [-0.15, -0.1) is 0 Å².